The maximum atomic E-state index is 12.8. The minimum atomic E-state index is -0.714. The molecule has 0 amide bonds. The molecule has 0 spiro atoms. The lowest BCUT2D eigenvalue weighted by Gasteiger charge is -2.28. The van der Waals surface area contributed by atoms with Gasteiger partial charge in [-0.25, -0.2) is 4.39 Å². The van der Waals surface area contributed by atoms with Crippen LogP contribution < -0.4 is 5.73 Å². The van der Waals surface area contributed by atoms with E-state index in [1.54, 1.807) is 19.1 Å². The highest BCUT2D eigenvalue weighted by atomic mass is 19.1. The van der Waals surface area contributed by atoms with Crippen molar-refractivity contribution in [2.45, 2.75) is 26.7 Å². The Hall–Kier alpha value is -1.42. The lowest BCUT2D eigenvalue weighted by molar-refractivity contribution is -0.155. The number of hydrogen-bond acceptors (Lipinski definition) is 3. The molecule has 1 rings (SSSR count). The molecule has 3 nitrogen and oxygen atoms in total. The average molecular weight is 253 g/mol. The first-order valence-corrected chi connectivity index (χ1v) is 6.19. The second kappa shape index (κ2) is 6.50. The third-order valence-electron chi connectivity index (χ3n) is 3.23. The Morgan fingerprint density at radius 1 is 1.33 bits per heavy atom. The van der Waals surface area contributed by atoms with Crippen molar-refractivity contribution in [3.05, 3.63) is 35.6 Å². The van der Waals surface area contributed by atoms with Gasteiger partial charge in [-0.2, -0.15) is 0 Å². The van der Waals surface area contributed by atoms with Crippen molar-refractivity contribution in [1.82, 2.24) is 0 Å². The van der Waals surface area contributed by atoms with Crippen LogP contribution in [0.5, 0.6) is 0 Å². The van der Waals surface area contributed by atoms with E-state index in [0.29, 0.717) is 19.4 Å². The summed E-state index contributed by atoms with van der Waals surface area (Å²) in [6.07, 6.45) is 1.07. The molecule has 4 heteroatoms. The summed E-state index contributed by atoms with van der Waals surface area (Å²) in [4.78, 5) is 12.0. The maximum absolute atomic E-state index is 12.8. The summed E-state index contributed by atoms with van der Waals surface area (Å²) in [5, 5.41) is 0. The molecule has 0 fully saturated rings. The zero-order valence-electron chi connectivity index (χ0n) is 10.9. The van der Waals surface area contributed by atoms with E-state index in [4.69, 9.17) is 10.5 Å². The number of carbonyl (C=O) groups is 1. The summed E-state index contributed by atoms with van der Waals surface area (Å²) in [5.41, 5.74) is 5.92. The monoisotopic (exact) mass is 253 g/mol. The summed E-state index contributed by atoms with van der Waals surface area (Å²) in [5.74, 6) is -0.566. The first kappa shape index (κ1) is 14.6. The molecule has 0 bridgehead atoms. The maximum Gasteiger partial charge on any atom is 0.313 e. The van der Waals surface area contributed by atoms with Crippen molar-refractivity contribution in [1.29, 1.82) is 0 Å². The van der Waals surface area contributed by atoms with Gasteiger partial charge in [0.15, 0.2) is 0 Å². The van der Waals surface area contributed by atoms with Crippen molar-refractivity contribution in [3.63, 3.8) is 0 Å². The third kappa shape index (κ3) is 3.29. The van der Waals surface area contributed by atoms with E-state index in [2.05, 4.69) is 0 Å². The van der Waals surface area contributed by atoms with Crippen molar-refractivity contribution < 1.29 is 13.9 Å². The van der Waals surface area contributed by atoms with Gasteiger partial charge in [-0.15, -0.1) is 0 Å². The van der Waals surface area contributed by atoms with Crippen molar-refractivity contribution >= 4 is 5.97 Å². The van der Waals surface area contributed by atoms with Gasteiger partial charge in [0.1, 0.15) is 5.82 Å². The van der Waals surface area contributed by atoms with E-state index in [0.717, 1.165) is 5.56 Å². The third-order valence-corrected chi connectivity index (χ3v) is 3.23. The van der Waals surface area contributed by atoms with Crippen LogP contribution in [-0.4, -0.2) is 19.1 Å². The van der Waals surface area contributed by atoms with Gasteiger partial charge >= 0.3 is 5.97 Å². The second-order valence-electron chi connectivity index (χ2n) is 4.36. The predicted octanol–water partition coefficient (Wildman–Crippen LogP) is 2.29. The molecule has 2 N–H and O–H groups in total. The van der Waals surface area contributed by atoms with Gasteiger partial charge in [-0.1, -0.05) is 19.1 Å². The number of nitrogens with two attached hydrogens (primary N) is 1. The smallest absolute Gasteiger partial charge is 0.313 e. The quantitative estimate of drug-likeness (QED) is 0.791. The van der Waals surface area contributed by atoms with E-state index < -0.39 is 5.41 Å². The Morgan fingerprint density at radius 2 is 1.94 bits per heavy atom. The van der Waals surface area contributed by atoms with Gasteiger partial charge < -0.3 is 10.5 Å². The lowest BCUT2D eigenvalue weighted by atomic mass is 9.79. The fourth-order valence-electron chi connectivity index (χ4n) is 1.92. The van der Waals surface area contributed by atoms with Crippen LogP contribution in [0.3, 0.4) is 0 Å². The lowest BCUT2D eigenvalue weighted by Crippen LogP contribution is -2.41. The Kier molecular flexibility index (Phi) is 5.28. The Labute approximate surface area is 107 Å². The van der Waals surface area contributed by atoms with Gasteiger partial charge in [0.25, 0.3) is 0 Å². The van der Waals surface area contributed by atoms with E-state index >= 15 is 0 Å². The number of hydrogen-bond donors (Lipinski definition) is 1. The molecular weight excluding hydrogens is 233 g/mol. The molecule has 18 heavy (non-hydrogen) atoms. The fraction of sp³-hybridized carbons (Fsp3) is 0.500. The number of ether oxygens (including phenoxy) is 1. The van der Waals surface area contributed by atoms with Gasteiger partial charge in [-0.3, -0.25) is 4.79 Å². The summed E-state index contributed by atoms with van der Waals surface area (Å²) in [7, 11) is 0. The molecule has 0 saturated heterocycles. The molecule has 0 saturated carbocycles. The molecule has 0 aromatic heterocycles. The zero-order valence-corrected chi connectivity index (χ0v) is 10.9. The molecule has 100 valence electrons. The summed E-state index contributed by atoms with van der Waals surface area (Å²) >= 11 is 0. The highest BCUT2D eigenvalue weighted by molar-refractivity contribution is 5.77. The van der Waals surface area contributed by atoms with Crippen LogP contribution in [0.1, 0.15) is 25.8 Å². The molecular formula is C14H20FNO2. The highest BCUT2D eigenvalue weighted by Crippen LogP contribution is 2.28. The minimum Gasteiger partial charge on any atom is -0.466 e. The van der Waals surface area contributed by atoms with E-state index in [9.17, 15) is 9.18 Å². The summed E-state index contributed by atoms with van der Waals surface area (Å²) in [6.45, 7) is 4.24. The molecule has 1 aromatic rings. The van der Waals surface area contributed by atoms with E-state index in [-0.39, 0.29) is 18.3 Å². The molecule has 0 aliphatic heterocycles. The minimum absolute atomic E-state index is 0.222. The molecule has 0 aliphatic rings. The number of carbonyl (C=O) groups excluding carboxylic acids is 1. The standard InChI is InChI=1S/C14H20FNO2/c1-3-14(10-16,13(17)18-4-2)9-11-5-7-12(15)8-6-11/h5-8H,3-4,9-10,16H2,1-2H3. The Morgan fingerprint density at radius 3 is 2.39 bits per heavy atom. The van der Waals surface area contributed by atoms with Crippen molar-refractivity contribution in [2.75, 3.05) is 13.2 Å². The fourth-order valence-corrected chi connectivity index (χ4v) is 1.92. The SMILES string of the molecule is CCOC(=O)C(CC)(CN)Cc1ccc(F)cc1. The Bertz CT molecular complexity index is 385. The Balaban J connectivity index is 2.91. The van der Waals surface area contributed by atoms with Gasteiger partial charge in [0.2, 0.25) is 0 Å². The predicted molar refractivity (Wildman–Crippen MR) is 68.5 cm³/mol. The largest absolute Gasteiger partial charge is 0.466 e. The van der Waals surface area contributed by atoms with E-state index in [1.165, 1.54) is 12.1 Å². The molecule has 1 unspecified atom stereocenters. The zero-order chi connectivity index (χ0) is 13.6. The summed E-state index contributed by atoms with van der Waals surface area (Å²) in [6, 6.07) is 6.12. The highest BCUT2D eigenvalue weighted by Gasteiger charge is 2.36. The van der Waals surface area contributed by atoms with Gasteiger partial charge in [0, 0.05) is 6.54 Å². The average Bonchev–Trinajstić information content (AvgIpc) is 2.38. The summed E-state index contributed by atoms with van der Waals surface area (Å²) < 4.78 is 17.9. The first-order valence-electron chi connectivity index (χ1n) is 6.19. The molecule has 0 radical (unpaired) electrons. The van der Waals surface area contributed by atoms with Crippen LogP contribution >= 0.6 is 0 Å². The van der Waals surface area contributed by atoms with Crippen LogP contribution in [0.15, 0.2) is 24.3 Å². The van der Waals surface area contributed by atoms with Crippen LogP contribution in [-0.2, 0) is 16.0 Å². The topological polar surface area (TPSA) is 52.3 Å². The van der Waals surface area contributed by atoms with Crippen molar-refractivity contribution in [2.24, 2.45) is 11.1 Å². The number of benzene rings is 1. The molecule has 0 aliphatic carbocycles. The van der Waals surface area contributed by atoms with Crippen LogP contribution in [0.4, 0.5) is 4.39 Å². The van der Waals surface area contributed by atoms with Gasteiger partial charge in [-0.05, 0) is 37.5 Å². The van der Waals surface area contributed by atoms with Crippen LogP contribution in [0.2, 0.25) is 0 Å². The van der Waals surface area contributed by atoms with Crippen LogP contribution in [0, 0.1) is 11.2 Å². The molecule has 0 heterocycles. The van der Waals surface area contributed by atoms with E-state index in [1.807, 2.05) is 6.92 Å². The molecule has 1 atom stereocenters. The molecule has 1 aromatic carbocycles. The number of halogens is 1. The first-order chi connectivity index (χ1) is 8.57. The van der Waals surface area contributed by atoms with Gasteiger partial charge in [0.05, 0.1) is 12.0 Å². The number of esters is 1. The van der Waals surface area contributed by atoms with Crippen molar-refractivity contribution in [3.8, 4) is 0 Å². The normalized spacial score (nSPS) is 14.0. The number of rotatable bonds is 6. The van der Waals surface area contributed by atoms with Crippen LogP contribution in [0.25, 0.3) is 0 Å². The second-order valence-corrected chi connectivity index (χ2v) is 4.36.